The zero-order chi connectivity index (χ0) is 16.1. The average molecular weight is 303 g/mol. The molecule has 0 unspecified atom stereocenters. The van der Waals surface area contributed by atoms with Crippen molar-refractivity contribution in [1.29, 1.82) is 0 Å². The summed E-state index contributed by atoms with van der Waals surface area (Å²) in [7, 11) is 0. The summed E-state index contributed by atoms with van der Waals surface area (Å²) in [5, 5.41) is 2.68. The van der Waals surface area contributed by atoms with Gasteiger partial charge in [0.1, 0.15) is 0 Å². The number of carbonyl (C=O) groups excluding carboxylic acids is 2. The Bertz CT molecular complexity index is 264. The van der Waals surface area contributed by atoms with E-state index in [1.54, 1.807) is 0 Å². The maximum atomic E-state index is 11.2. The highest BCUT2D eigenvalue weighted by Gasteiger charge is 2.05. The summed E-state index contributed by atoms with van der Waals surface area (Å²) in [6.45, 7) is 9.61. The topological polar surface area (TPSA) is 73.9 Å². The molecule has 1 amide bonds. The fraction of sp³-hybridized carbons (Fsp3) is 0.867. The van der Waals surface area contributed by atoms with E-state index in [0.29, 0.717) is 38.2 Å². The van der Waals surface area contributed by atoms with Gasteiger partial charge in [-0.05, 0) is 31.1 Å². The average Bonchev–Trinajstić information content (AvgIpc) is 2.41. The van der Waals surface area contributed by atoms with Crippen LogP contribution in [0.2, 0.25) is 0 Å². The lowest BCUT2D eigenvalue weighted by Crippen LogP contribution is -2.26. The van der Waals surface area contributed by atoms with Gasteiger partial charge in [0.25, 0.3) is 0 Å². The first kappa shape index (κ1) is 19.5. The number of ether oxygens (including phenoxy) is 3. The summed E-state index contributed by atoms with van der Waals surface area (Å²) in [5.74, 6) is 0.641. The first-order chi connectivity index (χ1) is 9.91. The third kappa shape index (κ3) is 14.8. The molecule has 6 heteroatoms. The number of hydrogen-bond donors (Lipinski definition) is 1. The van der Waals surface area contributed by atoms with E-state index in [-0.39, 0.29) is 6.09 Å². The van der Waals surface area contributed by atoms with E-state index in [1.165, 1.54) is 0 Å². The molecule has 0 aromatic carbocycles. The number of carbonyl (C=O) groups is 2. The number of alkyl carbamates (subject to hydrolysis) is 1. The third-order valence-electron chi connectivity index (χ3n) is 2.39. The van der Waals surface area contributed by atoms with Gasteiger partial charge in [0, 0.05) is 6.54 Å². The van der Waals surface area contributed by atoms with Crippen molar-refractivity contribution >= 4 is 12.2 Å². The SMILES string of the molecule is CC(C)COC(=O)NCCCCCOC(=O)OCC(C)C. The quantitative estimate of drug-likeness (QED) is 0.495. The fourth-order valence-corrected chi connectivity index (χ4v) is 1.32. The zero-order valence-electron chi connectivity index (χ0n) is 13.6. The Morgan fingerprint density at radius 2 is 1.48 bits per heavy atom. The maximum absolute atomic E-state index is 11.2. The molecule has 6 nitrogen and oxygen atoms in total. The summed E-state index contributed by atoms with van der Waals surface area (Å²) in [6, 6.07) is 0. The molecule has 0 spiro atoms. The van der Waals surface area contributed by atoms with E-state index in [0.717, 1.165) is 19.3 Å². The van der Waals surface area contributed by atoms with E-state index >= 15 is 0 Å². The lowest BCUT2D eigenvalue weighted by atomic mass is 10.2. The molecule has 124 valence electrons. The first-order valence-corrected chi connectivity index (χ1v) is 7.62. The minimum absolute atomic E-state index is 0.305. The van der Waals surface area contributed by atoms with Crippen LogP contribution in [0.3, 0.4) is 0 Å². The molecule has 0 aliphatic carbocycles. The van der Waals surface area contributed by atoms with E-state index < -0.39 is 6.16 Å². The Labute approximate surface area is 127 Å². The number of hydrogen-bond acceptors (Lipinski definition) is 5. The molecule has 0 saturated carbocycles. The van der Waals surface area contributed by atoms with Crippen molar-refractivity contribution in [1.82, 2.24) is 5.32 Å². The molecule has 0 aromatic heterocycles. The van der Waals surface area contributed by atoms with Crippen molar-refractivity contribution < 1.29 is 23.8 Å². The van der Waals surface area contributed by atoms with Crippen LogP contribution in [-0.4, -0.2) is 38.6 Å². The molecule has 1 N–H and O–H groups in total. The van der Waals surface area contributed by atoms with Crippen molar-refractivity contribution in [2.24, 2.45) is 11.8 Å². The summed E-state index contributed by atoms with van der Waals surface area (Å²) >= 11 is 0. The molecular formula is C15H29NO5. The van der Waals surface area contributed by atoms with Crippen molar-refractivity contribution in [2.45, 2.75) is 47.0 Å². The van der Waals surface area contributed by atoms with Gasteiger partial charge in [-0.15, -0.1) is 0 Å². The van der Waals surface area contributed by atoms with Crippen molar-refractivity contribution in [2.75, 3.05) is 26.4 Å². The molecule has 0 aliphatic heterocycles. The molecule has 0 fully saturated rings. The Balaban J connectivity index is 3.32. The number of nitrogens with one attached hydrogen (secondary N) is 1. The van der Waals surface area contributed by atoms with Gasteiger partial charge in [0.2, 0.25) is 0 Å². The summed E-state index contributed by atoms with van der Waals surface area (Å²) in [6.07, 6.45) is 1.44. The second-order valence-corrected chi connectivity index (χ2v) is 5.78. The highest BCUT2D eigenvalue weighted by molar-refractivity contribution is 5.66. The molecule has 0 rings (SSSR count). The minimum atomic E-state index is -0.612. The summed E-state index contributed by atoms with van der Waals surface area (Å²) in [4.78, 5) is 22.4. The summed E-state index contributed by atoms with van der Waals surface area (Å²) < 4.78 is 14.8. The van der Waals surface area contributed by atoms with E-state index in [2.05, 4.69) is 5.32 Å². The predicted molar refractivity (Wildman–Crippen MR) is 80.2 cm³/mol. The van der Waals surface area contributed by atoms with Crippen molar-refractivity contribution in [3.05, 3.63) is 0 Å². The van der Waals surface area contributed by atoms with Gasteiger partial charge in [0.05, 0.1) is 19.8 Å². The zero-order valence-corrected chi connectivity index (χ0v) is 13.6. The normalized spacial score (nSPS) is 10.6. The van der Waals surface area contributed by atoms with Crippen LogP contribution < -0.4 is 5.32 Å². The molecule has 0 radical (unpaired) electrons. The highest BCUT2D eigenvalue weighted by atomic mass is 16.7. The van der Waals surface area contributed by atoms with Gasteiger partial charge in [-0.25, -0.2) is 9.59 Å². The molecule has 0 atom stereocenters. The molecule has 0 bridgehead atoms. The van der Waals surface area contributed by atoms with Crippen LogP contribution in [0.1, 0.15) is 47.0 Å². The lowest BCUT2D eigenvalue weighted by Gasteiger charge is -2.09. The van der Waals surface area contributed by atoms with Crippen LogP contribution in [0.4, 0.5) is 9.59 Å². The monoisotopic (exact) mass is 303 g/mol. The van der Waals surface area contributed by atoms with Crippen LogP contribution >= 0.6 is 0 Å². The van der Waals surface area contributed by atoms with Crippen LogP contribution in [0.15, 0.2) is 0 Å². The number of rotatable bonds is 10. The van der Waals surface area contributed by atoms with Gasteiger partial charge in [-0.2, -0.15) is 0 Å². The molecular weight excluding hydrogens is 274 g/mol. The Kier molecular flexibility index (Phi) is 11.4. The Morgan fingerprint density at radius 3 is 2.10 bits per heavy atom. The van der Waals surface area contributed by atoms with Crippen LogP contribution in [0, 0.1) is 11.8 Å². The van der Waals surface area contributed by atoms with Gasteiger partial charge < -0.3 is 19.5 Å². The van der Waals surface area contributed by atoms with Gasteiger partial charge in [-0.3, -0.25) is 0 Å². The van der Waals surface area contributed by atoms with E-state index in [4.69, 9.17) is 14.2 Å². The van der Waals surface area contributed by atoms with E-state index in [1.807, 2.05) is 27.7 Å². The smallest absolute Gasteiger partial charge is 0.449 e. The molecule has 21 heavy (non-hydrogen) atoms. The summed E-state index contributed by atoms with van der Waals surface area (Å²) in [5.41, 5.74) is 0. The first-order valence-electron chi connectivity index (χ1n) is 7.62. The maximum Gasteiger partial charge on any atom is 0.508 e. The van der Waals surface area contributed by atoms with Crippen molar-refractivity contribution in [3.8, 4) is 0 Å². The van der Waals surface area contributed by atoms with E-state index in [9.17, 15) is 9.59 Å². The molecule has 0 saturated heterocycles. The molecule has 0 aromatic rings. The minimum Gasteiger partial charge on any atom is -0.449 e. The highest BCUT2D eigenvalue weighted by Crippen LogP contribution is 1.99. The van der Waals surface area contributed by atoms with Crippen LogP contribution in [-0.2, 0) is 14.2 Å². The predicted octanol–water partition coefficient (Wildman–Crippen LogP) is 3.35. The van der Waals surface area contributed by atoms with Crippen LogP contribution in [0.25, 0.3) is 0 Å². The lowest BCUT2D eigenvalue weighted by molar-refractivity contribution is 0.0465. The van der Waals surface area contributed by atoms with Gasteiger partial charge in [0.15, 0.2) is 0 Å². The van der Waals surface area contributed by atoms with Crippen LogP contribution in [0.5, 0.6) is 0 Å². The fourth-order valence-electron chi connectivity index (χ4n) is 1.32. The van der Waals surface area contributed by atoms with Crippen molar-refractivity contribution in [3.63, 3.8) is 0 Å². The number of unbranched alkanes of at least 4 members (excludes halogenated alkanes) is 2. The molecule has 0 heterocycles. The van der Waals surface area contributed by atoms with Gasteiger partial charge >= 0.3 is 12.2 Å². The second-order valence-electron chi connectivity index (χ2n) is 5.78. The third-order valence-corrected chi connectivity index (χ3v) is 2.39. The number of amides is 1. The Morgan fingerprint density at radius 1 is 0.857 bits per heavy atom. The standard InChI is InChI=1S/C15H29NO5/c1-12(2)10-20-14(17)16-8-6-5-7-9-19-15(18)21-11-13(3)4/h12-13H,5-11H2,1-4H3,(H,16,17). The molecule has 0 aliphatic rings. The Hall–Kier alpha value is -1.46. The van der Waals surface area contributed by atoms with Gasteiger partial charge in [-0.1, -0.05) is 27.7 Å². The second kappa shape index (κ2) is 12.3. The largest absolute Gasteiger partial charge is 0.508 e.